The highest BCUT2D eigenvalue weighted by molar-refractivity contribution is 5.96. The van der Waals surface area contributed by atoms with Crippen LogP contribution >= 0.6 is 0 Å². The predicted molar refractivity (Wildman–Crippen MR) is 63.8 cm³/mol. The Morgan fingerprint density at radius 3 is 2.63 bits per heavy atom. The number of benzene rings is 1. The molecule has 0 spiro atoms. The molecule has 0 amide bonds. The second-order valence-electron chi connectivity index (χ2n) is 3.95. The van der Waals surface area contributed by atoms with E-state index in [2.05, 4.69) is 4.98 Å². The highest BCUT2D eigenvalue weighted by atomic mass is 19.4. The molecular formula is C12H11F3N4. The zero-order chi connectivity index (χ0) is 14.0. The van der Waals surface area contributed by atoms with Crippen LogP contribution in [0.2, 0.25) is 0 Å². The number of amidine groups is 1. The Morgan fingerprint density at radius 2 is 2.00 bits per heavy atom. The molecule has 0 fully saturated rings. The molecule has 0 unspecified atom stereocenters. The lowest BCUT2D eigenvalue weighted by molar-refractivity contribution is -0.147. The van der Waals surface area contributed by atoms with Crippen molar-refractivity contribution >= 4 is 5.84 Å². The smallest absolute Gasteiger partial charge is 0.384 e. The van der Waals surface area contributed by atoms with Crippen molar-refractivity contribution < 1.29 is 13.2 Å². The standard InChI is InChI=1S/C12H11F3N4/c13-12(14,15)11-18-5-6-19(11)7-8-3-1-2-4-9(8)10(16)17/h1-6H,7H2,(H3,16,17). The van der Waals surface area contributed by atoms with Crippen molar-refractivity contribution in [1.29, 1.82) is 5.41 Å². The van der Waals surface area contributed by atoms with Gasteiger partial charge in [0.25, 0.3) is 0 Å². The van der Waals surface area contributed by atoms with Crippen molar-refractivity contribution in [2.24, 2.45) is 5.73 Å². The van der Waals surface area contributed by atoms with E-state index in [1.54, 1.807) is 24.3 Å². The van der Waals surface area contributed by atoms with Gasteiger partial charge in [0.2, 0.25) is 5.82 Å². The average Bonchev–Trinajstić information content (AvgIpc) is 2.77. The van der Waals surface area contributed by atoms with E-state index in [9.17, 15) is 13.2 Å². The number of nitrogens with one attached hydrogen (secondary N) is 1. The van der Waals surface area contributed by atoms with Crippen LogP contribution in [0.25, 0.3) is 0 Å². The first kappa shape index (κ1) is 13.1. The van der Waals surface area contributed by atoms with Crippen LogP contribution in [0.1, 0.15) is 17.0 Å². The number of aromatic nitrogens is 2. The maximum Gasteiger partial charge on any atom is 0.449 e. The lowest BCUT2D eigenvalue weighted by atomic mass is 10.1. The van der Waals surface area contributed by atoms with Crippen LogP contribution in [-0.2, 0) is 12.7 Å². The second-order valence-corrected chi connectivity index (χ2v) is 3.95. The Morgan fingerprint density at radius 1 is 1.32 bits per heavy atom. The van der Waals surface area contributed by atoms with Crippen molar-refractivity contribution in [3.8, 4) is 0 Å². The van der Waals surface area contributed by atoms with E-state index >= 15 is 0 Å². The largest absolute Gasteiger partial charge is 0.449 e. The first-order valence-electron chi connectivity index (χ1n) is 5.40. The Hall–Kier alpha value is -2.31. The van der Waals surface area contributed by atoms with E-state index in [1.807, 2.05) is 0 Å². The topological polar surface area (TPSA) is 67.7 Å². The van der Waals surface area contributed by atoms with Crippen LogP contribution in [0, 0.1) is 5.41 Å². The van der Waals surface area contributed by atoms with Gasteiger partial charge in [-0.25, -0.2) is 4.98 Å². The van der Waals surface area contributed by atoms with Gasteiger partial charge in [-0.2, -0.15) is 13.2 Å². The fraction of sp³-hybridized carbons (Fsp3) is 0.167. The minimum absolute atomic E-state index is 0.0371. The van der Waals surface area contributed by atoms with Gasteiger partial charge in [-0.1, -0.05) is 24.3 Å². The van der Waals surface area contributed by atoms with Gasteiger partial charge in [0, 0.05) is 24.5 Å². The fourth-order valence-electron chi connectivity index (χ4n) is 1.80. The van der Waals surface area contributed by atoms with E-state index in [1.165, 1.54) is 6.20 Å². The van der Waals surface area contributed by atoms with E-state index in [0.717, 1.165) is 10.8 Å². The van der Waals surface area contributed by atoms with E-state index in [4.69, 9.17) is 11.1 Å². The van der Waals surface area contributed by atoms with E-state index in [0.29, 0.717) is 11.1 Å². The van der Waals surface area contributed by atoms with Crippen LogP contribution in [0.5, 0.6) is 0 Å². The van der Waals surface area contributed by atoms with E-state index < -0.39 is 12.0 Å². The van der Waals surface area contributed by atoms with Crippen molar-refractivity contribution in [1.82, 2.24) is 9.55 Å². The normalized spacial score (nSPS) is 11.5. The Bertz CT molecular complexity index is 601. The highest BCUT2D eigenvalue weighted by Crippen LogP contribution is 2.28. The SMILES string of the molecule is N=C(N)c1ccccc1Cn1ccnc1C(F)(F)F. The van der Waals surface area contributed by atoms with Gasteiger partial charge in [-0.15, -0.1) is 0 Å². The molecule has 0 aliphatic carbocycles. The highest BCUT2D eigenvalue weighted by Gasteiger charge is 2.36. The summed E-state index contributed by atoms with van der Waals surface area (Å²) in [6.07, 6.45) is -2.16. The third-order valence-corrected chi connectivity index (χ3v) is 2.62. The summed E-state index contributed by atoms with van der Waals surface area (Å²) in [5.41, 5.74) is 6.36. The number of alkyl halides is 3. The summed E-state index contributed by atoms with van der Waals surface area (Å²) in [7, 11) is 0. The molecule has 0 bridgehead atoms. The van der Waals surface area contributed by atoms with Crippen LogP contribution < -0.4 is 5.73 Å². The lowest BCUT2D eigenvalue weighted by Gasteiger charge is -2.12. The predicted octanol–water partition coefficient (Wildman–Crippen LogP) is 2.23. The number of halogens is 3. The first-order valence-corrected chi connectivity index (χ1v) is 5.40. The number of hydrogen-bond acceptors (Lipinski definition) is 2. The molecule has 1 aromatic carbocycles. The van der Waals surface area contributed by atoms with Crippen LogP contribution in [0.15, 0.2) is 36.7 Å². The molecule has 100 valence electrons. The van der Waals surface area contributed by atoms with Crippen molar-refractivity contribution in [2.45, 2.75) is 12.7 Å². The molecule has 7 heteroatoms. The molecule has 0 saturated heterocycles. The molecule has 0 saturated carbocycles. The summed E-state index contributed by atoms with van der Waals surface area (Å²) in [5, 5.41) is 7.41. The van der Waals surface area contributed by atoms with Gasteiger partial charge >= 0.3 is 6.18 Å². The summed E-state index contributed by atoms with van der Waals surface area (Å²) in [6, 6.07) is 6.60. The maximum atomic E-state index is 12.7. The molecule has 19 heavy (non-hydrogen) atoms. The third-order valence-electron chi connectivity index (χ3n) is 2.62. The monoisotopic (exact) mass is 268 g/mol. The van der Waals surface area contributed by atoms with Crippen molar-refractivity contribution in [2.75, 3.05) is 0 Å². The fourth-order valence-corrected chi connectivity index (χ4v) is 1.80. The van der Waals surface area contributed by atoms with Crippen molar-refractivity contribution in [3.63, 3.8) is 0 Å². The second kappa shape index (κ2) is 4.75. The number of hydrogen-bond donors (Lipinski definition) is 2. The Labute approximate surface area is 107 Å². The first-order chi connectivity index (χ1) is 8.89. The van der Waals surface area contributed by atoms with Gasteiger partial charge in [0.05, 0.1) is 0 Å². The molecule has 0 radical (unpaired) electrons. The lowest BCUT2D eigenvalue weighted by Crippen LogP contribution is -2.18. The summed E-state index contributed by atoms with van der Waals surface area (Å²) >= 11 is 0. The number of imidazole rings is 1. The van der Waals surface area contributed by atoms with Crippen LogP contribution in [-0.4, -0.2) is 15.4 Å². The number of nitrogen functional groups attached to an aromatic ring is 1. The zero-order valence-electron chi connectivity index (χ0n) is 9.78. The van der Waals surface area contributed by atoms with Gasteiger partial charge in [0.1, 0.15) is 5.84 Å². The molecule has 0 aliphatic heterocycles. The van der Waals surface area contributed by atoms with Gasteiger partial charge < -0.3 is 10.3 Å². The van der Waals surface area contributed by atoms with Crippen molar-refractivity contribution in [3.05, 3.63) is 53.6 Å². The van der Waals surface area contributed by atoms with Gasteiger partial charge in [-0.3, -0.25) is 5.41 Å². The maximum absolute atomic E-state index is 12.7. The Balaban J connectivity index is 2.38. The minimum Gasteiger partial charge on any atom is -0.384 e. The van der Waals surface area contributed by atoms with Crippen LogP contribution in [0.3, 0.4) is 0 Å². The van der Waals surface area contributed by atoms with Crippen LogP contribution in [0.4, 0.5) is 13.2 Å². The molecule has 1 aromatic heterocycles. The summed E-state index contributed by atoms with van der Waals surface area (Å²) in [6.45, 7) is -0.0371. The molecule has 0 aliphatic rings. The number of nitrogens with zero attached hydrogens (tertiary/aromatic N) is 2. The Kier molecular flexibility index (Phi) is 3.28. The summed E-state index contributed by atoms with van der Waals surface area (Å²) < 4.78 is 39.1. The molecule has 2 aromatic rings. The average molecular weight is 268 g/mol. The zero-order valence-corrected chi connectivity index (χ0v) is 9.78. The number of nitrogens with two attached hydrogens (primary N) is 1. The molecule has 0 atom stereocenters. The molecule has 2 rings (SSSR count). The van der Waals surface area contributed by atoms with E-state index in [-0.39, 0.29) is 12.4 Å². The third kappa shape index (κ3) is 2.75. The molecule has 1 heterocycles. The van der Waals surface area contributed by atoms with Gasteiger partial charge in [0.15, 0.2) is 0 Å². The van der Waals surface area contributed by atoms with Gasteiger partial charge in [-0.05, 0) is 5.56 Å². The molecule has 3 N–H and O–H groups in total. The molecule has 4 nitrogen and oxygen atoms in total. The molecular weight excluding hydrogens is 257 g/mol. The quantitative estimate of drug-likeness (QED) is 0.662. The minimum atomic E-state index is -4.51. The summed E-state index contributed by atoms with van der Waals surface area (Å²) in [4.78, 5) is 3.31. The number of rotatable bonds is 3. The summed E-state index contributed by atoms with van der Waals surface area (Å²) in [5.74, 6) is -1.14.